The molecule has 19 heavy (non-hydrogen) atoms. The molecule has 3 heteroatoms. The van der Waals surface area contributed by atoms with Crippen LogP contribution in [-0.4, -0.2) is 18.6 Å². The molecule has 1 aromatic heterocycles. The lowest BCUT2D eigenvalue weighted by molar-refractivity contribution is 0.399. The number of nitrogens with one attached hydrogen (secondary N) is 1. The highest BCUT2D eigenvalue weighted by molar-refractivity contribution is 5.69. The number of aromatic nitrogens is 1. The minimum absolute atomic E-state index is 0.409. The van der Waals surface area contributed by atoms with Gasteiger partial charge in [0.25, 0.3) is 0 Å². The molecule has 1 N–H and O–H groups in total. The molecule has 0 saturated heterocycles. The highest BCUT2D eigenvalue weighted by Gasteiger charge is 2.17. The Morgan fingerprint density at radius 3 is 3.05 bits per heavy atom. The van der Waals surface area contributed by atoms with Crippen LogP contribution in [0.25, 0.3) is 11.1 Å². The van der Waals surface area contributed by atoms with Gasteiger partial charge < -0.3 is 10.1 Å². The number of nitrogens with zero attached hydrogens (tertiary/aromatic N) is 1. The van der Waals surface area contributed by atoms with E-state index in [0.29, 0.717) is 11.9 Å². The molecule has 3 nitrogen and oxygen atoms in total. The topological polar surface area (TPSA) is 34.1 Å². The molecule has 1 aliphatic rings. The number of methoxy groups -OCH3 is 1. The number of ether oxygens (including phenoxy) is 1. The van der Waals surface area contributed by atoms with Gasteiger partial charge >= 0.3 is 0 Å². The minimum atomic E-state index is 0.409. The van der Waals surface area contributed by atoms with Crippen LogP contribution in [0.1, 0.15) is 24.1 Å². The van der Waals surface area contributed by atoms with Crippen LogP contribution in [0.4, 0.5) is 0 Å². The van der Waals surface area contributed by atoms with Crippen LogP contribution < -0.4 is 10.1 Å². The largest absolute Gasteiger partial charge is 0.481 e. The van der Waals surface area contributed by atoms with Crippen molar-refractivity contribution in [1.29, 1.82) is 0 Å². The zero-order valence-electron chi connectivity index (χ0n) is 11.3. The molecule has 2 aromatic rings. The van der Waals surface area contributed by atoms with Crippen molar-refractivity contribution in [3.63, 3.8) is 0 Å². The van der Waals surface area contributed by atoms with Crippen molar-refractivity contribution >= 4 is 0 Å². The fourth-order valence-corrected chi connectivity index (χ4v) is 2.70. The third-order valence-electron chi connectivity index (χ3n) is 3.73. The fourth-order valence-electron chi connectivity index (χ4n) is 2.70. The number of rotatable bonds is 2. The number of hydrogen-bond acceptors (Lipinski definition) is 3. The predicted octanol–water partition coefficient (Wildman–Crippen LogP) is 2.96. The molecule has 3 rings (SSSR count). The van der Waals surface area contributed by atoms with Crippen molar-refractivity contribution in [2.24, 2.45) is 0 Å². The molecule has 1 aromatic carbocycles. The first-order chi connectivity index (χ1) is 9.29. The summed E-state index contributed by atoms with van der Waals surface area (Å²) in [5.41, 5.74) is 5.04. The molecule has 0 fully saturated rings. The molecule has 0 aliphatic carbocycles. The molecule has 0 amide bonds. The van der Waals surface area contributed by atoms with Crippen LogP contribution in [0.3, 0.4) is 0 Å². The third-order valence-corrected chi connectivity index (χ3v) is 3.73. The van der Waals surface area contributed by atoms with Gasteiger partial charge in [0.2, 0.25) is 5.88 Å². The van der Waals surface area contributed by atoms with Crippen LogP contribution in [0.5, 0.6) is 5.88 Å². The van der Waals surface area contributed by atoms with E-state index >= 15 is 0 Å². The van der Waals surface area contributed by atoms with E-state index < -0.39 is 0 Å². The summed E-state index contributed by atoms with van der Waals surface area (Å²) in [5.74, 6) is 0.680. The van der Waals surface area contributed by atoms with Gasteiger partial charge in [0.05, 0.1) is 7.11 Å². The quantitative estimate of drug-likeness (QED) is 0.894. The Bertz CT molecular complexity index is 595. The maximum absolute atomic E-state index is 5.34. The first-order valence-corrected chi connectivity index (χ1v) is 6.65. The van der Waals surface area contributed by atoms with Crippen LogP contribution in [0.2, 0.25) is 0 Å². The molecular weight excluding hydrogens is 236 g/mol. The van der Waals surface area contributed by atoms with E-state index in [9.17, 15) is 0 Å². The summed E-state index contributed by atoms with van der Waals surface area (Å²) in [4.78, 5) is 4.27. The molecule has 0 spiro atoms. The van der Waals surface area contributed by atoms with E-state index in [-0.39, 0.29) is 0 Å². The van der Waals surface area contributed by atoms with Gasteiger partial charge in [0.1, 0.15) is 0 Å². The molecule has 1 aliphatic heterocycles. The number of pyridine rings is 1. The molecule has 98 valence electrons. The van der Waals surface area contributed by atoms with E-state index in [1.165, 1.54) is 16.7 Å². The Balaban J connectivity index is 2.09. The molecular formula is C16H18N2O. The maximum atomic E-state index is 5.34. The summed E-state index contributed by atoms with van der Waals surface area (Å²) in [7, 11) is 1.66. The lowest BCUT2D eigenvalue weighted by Gasteiger charge is -2.24. The van der Waals surface area contributed by atoms with Gasteiger partial charge in [-0.1, -0.05) is 12.1 Å². The van der Waals surface area contributed by atoms with Crippen LogP contribution in [0, 0.1) is 0 Å². The summed E-state index contributed by atoms with van der Waals surface area (Å²) in [6, 6.07) is 11.1. The fraction of sp³-hybridized carbons (Fsp3) is 0.312. The molecule has 0 saturated carbocycles. The Hall–Kier alpha value is -1.87. The highest BCUT2D eigenvalue weighted by atomic mass is 16.5. The van der Waals surface area contributed by atoms with Crippen molar-refractivity contribution in [2.75, 3.05) is 13.7 Å². The molecule has 1 unspecified atom stereocenters. The smallest absolute Gasteiger partial charge is 0.221 e. The van der Waals surface area contributed by atoms with Crippen LogP contribution >= 0.6 is 0 Å². The first kappa shape index (κ1) is 12.2. The first-order valence-electron chi connectivity index (χ1n) is 6.65. The van der Waals surface area contributed by atoms with Gasteiger partial charge in [-0.2, -0.15) is 0 Å². The maximum Gasteiger partial charge on any atom is 0.221 e. The summed E-state index contributed by atoms with van der Waals surface area (Å²) < 4.78 is 5.34. The molecule has 0 bridgehead atoms. The number of fused-ring (bicyclic) bond motifs is 1. The Kier molecular flexibility index (Phi) is 3.22. The monoisotopic (exact) mass is 254 g/mol. The van der Waals surface area contributed by atoms with E-state index in [2.05, 4.69) is 41.5 Å². The minimum Gasteiger partial charge on any atom is -0.481 e. The second-order valence-corrected chi connectivity index (χ2v) is 4.90. The van der Waals surface area contributed by atoms with E-state index in [4.69, 9.17) is 4.74 Å². The average Bonchev–Trinajstić information content (AvgIpc) is 2.47. The van der Waals surface area contributed by atoms with Crippen molar-refractivity contribution in [1.82, 2.24) is 10.3 Å². The van der Waals surface area contributed by atoms with Gasteiger partial charge in [0.15, 0.2) is 0 Å². The van der Waals surface area contributed by atoms with Crippen molar-refractivity contribution in [3.05, 3.63) is 47.7 Å². The second kappa shape index (κ2) is 5.02. The Morgan fingerprint density at radius 2 is 2.21 bits per heavy atom. The summed E-state index contributed by atoms with van der Waals surface area (Å²) in [5, 5.41) is 3.50. The SMILES string of the molecule is COc1ncccc1-c1ccc2c(c1)C(C)NCC2. The summed E-state index contributed by atoms with van der Waals surface area (Å²) >= 11 is 0. The highest BCUT2D eigenvalue weighted by Crippen LogP contribution is 2.32. The predicted molar refractivity (Wildman–Crippen MR) is 76.3 cm³/mol. The summed E-state index contributed by atoms with van der Waals surface area (Å²) in [6.45, 7) is 3.27. The lowest BCUT2D eigenvalue weighted by Crippen LogP contribution is -2.27. The van der Waals surface area contributed by atoms with Gasteiger partial charge in [-0.3, -0.25) is 0 Å². The molecule has 0 radical (unpaired) electrons. The number of benzene rings is 1. The van der Waals surface area contributed by atoms with Crippen LogP contribution in [0.15, 0.2) is 36.5 Å². The van der Waals surface area contributed by atoms with Crippen molar-refractivity contribution in [3.8, 4) is 17.0 Å². The normalized spacial score (nSPS) is 17.9. The lowest BCUT2D eigenvalue weighted by atomic mass is 9.92. The number of hydrogen-bond donors (Lipinski definition) is 1. The molecule has 2 heterocycles. The van der Waals surface area contributed by atoms with Gasteiger partial charge in [0, 0.05) is 17.8 Å². The molecule has 1 atom stereocenters. The van der Waals surface area contributed by atoms with Gasteiger partial charge in [-0.05, 0) is 54.8 Å². The second-order valence-electron chi connectivity index (χ2n) is 4.90. The summed E-state index contributed by atoms with van der Waals surface area (Å²) in [6.07, 6.45) is 2.86. The van der Waals surface area contributed by atoms with E-state index in [1.54, 1.807) is 13.3 Å². The van der Waals surface area contributed by atoms with Crippen LogP contribution in [-0.2, 0) is 6.42 Å². The van der Waals surface area contributed by atoms with E-state index in [0.717, 1.165) is 18.5 Å². The Morgan fingerprint density at radius 1 is 1.32 bits per heavy atom. The zero-order chi connectivity index (χ0) is 13.2. The van der Waals surface area contributed by atoms with Gasteiger partial charge in [-0.15, -0.1) is 0 Å². The average molecular weight is 254 g/mol. The van der Waals surface area contributed by atoms with E-state index in [1.807, 2.05) is 6.07 Å². The van der Waals surface area contributed by atoms with Crippen molar-refractivity contribution < 1.29 is 4.74 Å². The van der Waals surface area contributed by atoms with Crippen molar-refractivity contribution in [2.45, 2.75) is 19.4 Å². The third kappa shape index (κ3) is 2.22. The standard InChI is InChI=1S/C16H18N2O/c1-11-15-10-13(6-5-12(15)7-9-17-11)14-4-3-8-18-16(14)19-2/h3-6,8,10-11,17H,7,9H2,1-2H3. The Labute approximate surface area is 113 Å². The zero-order valence-corrected chi connectivity index (χ0v) is 11.3. The van der Waals surface area contributed by atoms with Gasteiger partial charge in [-0.25, -0.2) is 4.98 Å².